The van der Waals surface area contributed by atoms with Crippen LogP contribution in [-0.2, 0) is 6.42 Å². The lowest BCUT2D eigenvalue weighted by Crippen LogP contribution is -2.46. The number of fused-ring (bicyclic) bond motifs is 1. The molecule has 0 radical (unpaired) electrons. The van der Waals surface area contributed by atoms with Crippen molar-refractivity contribution in [1.82, 2.24) is 14.9 Å². The Bertz CT molecular complexity index is 1180. The normalized spacial score (nSPS) is 16.1. The first-order valence-electron chi connectivity index (χ1n) is 11.4. The molecule has 7 nitrogen and oxygen atoms in total. The zero-order chi connectivity index (χ0) is 22.8. The van der Waals surface area contributed by atoms with E-state index in [9.17, 15) is 9.18 Å². The molecule has 2 aromatic carbocycles. The van der Waals surface area contributed by atoms with Gasteiger partial charge in [0.1, 0.15) is 11.6 Å². The van der Waals surface area contributed by atoms with Crippen LogP contribution in [0.1, 0.15) is 29.3 Å². The smallest absolute Gasteiger partial charge is 0.229 e. The molecule has 3 aromatic rings. The molecular weight excluding hydrogens is 419 g/mol. The molecule has 2 aliphatic rings. The van der Waals surface area contributed by atoms with Crippen molar-refractivity contribution < 1.29 is 9.18 Å². The number of carbonyl (C=O) groups excluding carboxylic acids is 1. The third kappa shape index (κ3) is 4.52. The number of halogens is 1. The van der Waals surface area contributed by atoms with Gasteiger partial charge < -0.3 is 20.4 Å². The lowest BCUT2D eigenvalue weighted by molar-refractivity contribution is 0.0995. The number of nitrogens with one attached hydrogen (secondary N) is 2. The van der Waals surface area contributed by atoms with E-state index in [0.29, 0.717) is 29.6 Å². The summed E-state index contributed by atoms with van der Waals surface area (Å²) < 4.78 is 14.9. The number of hydrogen-bond donors (Lipinski definition) is 2. The summed E-state index contributed by atoms with van der Waals surface area (Å²) in [6.07, 6.45) is 2.94. The number of carbonyl (C=O) groups is 1. The molecule has 0 saturated carbocycles. The summed E-state index contributed by atoms with van der Waals surface area (Å²) in [4.78, 5) is 25.5. The second kappa shape index (κ2) is 9.15. The van der Waals surface area contributed by atoms with Crippen LogP contribution in [0.4, 0.5) is 33.2 Å². The number of aromatic nitrogens is 2. The number of Topliss-reactive ketones (excluding diaryl/α,β-unsaturated/α-hetero) is 1. The van der Waals surface area contributed by atoms with Gasteiger partial charge in [0.15, 0.2) is 5.78 Å². The molecule has 0 amide bonds. The highest BCUT2D eigenvalue weighted by molar-refractivity contribution is 6.05. The van der Waals surface area contributed by atoms with Gasteiger partial charge in [-0.2, -0.15) is 4.98 Å². The standard InChI is InChI=1S/C25H27FN6O/c1-2-31-12-14-32(15-13-31)21-8-7-18(16-19(21)26)28-25-27-11-10-23(30-25)29-20-5-3-4-17-6-9-22(33)24(17)20/h3-5,7-8,10-11,16H,2,6,9,12-15H2,1H3,(H2,27,28,29,30). The minimum atomic E-state index is -0.266. The minimum absolute atomic E-state index is 0.146. The van der Waals surface area contributed by atoms with Crippen molar-refractivity contribution in [3.63, 3.8) is 0 Å². The molecule has 1 fully saturated rings. The van der Waals surface area contributed by atoms with E-state index in [-0.39, 0.29) is 11.6 Å². The Hall–Kier alpha value is -3.52. The fourth-order valence-corrected chi connectivity index (χ4v) is 4.52. The first kappa shape index (κ1) is 21.3. The first-order valence-corrected chi connectivity index (χ1v) is 11.4. The van der Waals surface area contributed by atoms with Crippen molar-refractivity contribution in [3.8, 4) is 0 Å². The van der Waals surface area contributed by atoms with E-state index in [0.717, 1.165) is 56.0 Å². The number of ketones is 1. The maximum Gasteiger partial charge on any atom is 0.229 e. The van der Waals surface area contributed by atoms with Crippen molar-refractivity contribution in [2.75, 3.05) is 48.3 Å². The maximum atomic E-state index is 14.9. The van der Waals surface area contributed by atoms with Crippen LogP contribution < -0.4 is 15.5 Å². The zero-order valence-electron chi connectivity index (χ0n) is 18.6. The number of likely N-dealkylation sites (N-methyl/N-ethyl adjacent to an activating group) is 1. The molecule has 170 valence electrons. The molecular formula is C25H27FN6O. The molecule has 0 unspecified atom stereocenters. The quantitative estimate of drug-likeness (QED) is 0.582. The van der Waals surface area contributed by atoms with Crippen LogP contribution in [0.25, 0.3) is 0 Å². The van der Waals surface area contributed by atoms with E-state index in [1.54, 1.807) is 18.3 Å². The fraction of sp³-hybridized carbons (Fsp3) is 0.320. The molecule has 1 saturated heterocycles. The van der Waals surface area contributed by atoms with Gasteiger partial charge in [-0.1, -0.05) is 19.1 Å². The Morgan fingerprint density at radius 3 is 2.67 bits per heavy atom. The summed E-state index contributed by atoms with van der Waals surface area (Å²) in [6, 6.07) is 12.7. The SMILES string of the molecule is CCN1CCN(c2ccc(Nc3nccc(Nc4cccc5c4C(=O)CC5)n3)cc2F)CC1. The minimum Gasteiger partial charge on any atom is -0.367 e. The van der Waals surface area contributed by atoms with Gasteiger partial charge >= 0.3 is 0 Å². The van der Waals surface area contributed by atoms with Gasteiger partial charge in [-0.15, -0.1) is 0 Å². The molecule has 1 aliphatic heterocycles. The second-order valence-electron chi connectivity index (χ2n) is 8.37. The molecule has 2 N–H and O–H groups in total. The van der Waals surface area contributed by atoms with E-state index in [1.807, 2.05) is 24.3 Å². The number of piperazine rings is 1. The van der Waals surface area contributed by atoms with Gasteiger partial charge in [0.25, 0.3) is 0 Å². The largest absolute Gasteiger partial charge is 0.367 e. The number of aryl methyl sites for hydroxylation is 1. The molecule has 1 aliphatic carbocycles. The summed E-state index contributed by atoms with van der Waals surface area (Å²) >= 11 is 0. The van der Waals surface area contributed by atoms with Gasteiger partial charge in [0.2, 0.25) is 5.95 Å². The van der Waals surface area contributed by atoms with Crippen LogP contribution >= 0.6 is 0 Å². The highest BCUT2D eigenvalue weighted by Gasteiger charge is 2.23. The number of benzene rings is 2. The summed E-state index contributed by atoms with van der Waals surface area (Å²) in [6.45, 7) is 6.70. The summed E-state index contributed by atoms with van der Waals surface area (Å²) in [7, 11) is 0. The number of anilines is 5. The lowest BCUT2D eigenvalue weighted by atomic mass is 10.1. The Morgan fingerprint density at radius 2 is 1.88 bits per heavy atom. The third-order valence-electron chi connectivity index (χ3n) is 6.33. The van der Waals surface area contributed by atoms with Gasteiger partial charge in [-0.25, -0.2) is 9.37 Å². The molecule has 5 rings (SSSR count). The van der Waals surface area contributed by atoms with Crippen molar-refractivity contribution in [2.24, 2.45) is 0 Å². The average Bonchev–Trinajstić information content (AvgIpc) is 3.21. The van der Waals surface area contributed by atoms with Gasteiger partial charge in [0, 0.05) is 50.0 Å². The molecule has 33 heavy (non-hydrogen) atoms. The molecule has 0 atom stereocenters. The first-order chi connectivity index (χ1) is 16.1. The van der Waals surface area contributed by atoms with E-state index in [4.69, 9.17) is 0 Å². The molecule has 8 heteroatoms. The van der Waals surface area contributed by atoms with Crippen molar-refractivity contribution >= 4 is 34.6 Å². The Kier molecular flexibility index (Phi) is 5.92. The van der Waals surface area contributed by atoms with Crippen LogP contribution in [0.15, 0.2) is 48.7 Å². The topological polar surface area (TPSA) is 73.4 Å². The van der Waals surface area contributed by atoms with E-state index >= 15 is 0 Å². The van der Waals surface area contributed by atoms with E-state index in [1.165, 1.54) is 6.07 Å². The number of hydrogen-bond acceptors (Lipinski definition) is 7. The van der Waals surface area contributed by atoms with Crippen LogP contribution in [0.5, 0.6) is 0 Å². The van der Waals surface area contributed by atoms with Gasteiger partial charge in [-0.3, -0.25) is 4.79 Å². The lowest BCUT2D eigenvalue weighted by Gasteiger charge is -2.35. The number of nitrogens with zero attached hydrogens (tertiary/aromatic N) is 4. The molecule has 0 spiro atoms. The van der Waals surface area contributed by atoms with Crippen molar-refractivity contribution in [2.45, 2.75) is 19.8 Å². The highest BCUT2D eigenvalue weighted by Crippen LogP contribution is 2.31. The Balaban J connectivity index is 1.29. The van der Waals surface area contributed by atoms with Crippen molar-refractivity contribution in [1.29, 1.82) is 0 Å². The summed E-state index contributed by atoms with van der Waals surface area (Å²) in [5.74, 6) is 0.791. The second-order valence-corrected chi connectivity index (χ2v) is 8.37. The summed E-state index contributed by atoms with van der Waals surface area (Å²) in [5, 5.41) is 6.32. The average molecular weight is 447 g/mol. The van der Waals surface area contributed by atoms with Gasteiger partial charge in [0.05, 0.1) is 11.4 Å². The van der Waals surface area contributed by atoms with E-state index < -0.39 is 0 Å². The van der Waals surface area contributed by atoms with E-state index in [2.05, 4.69) is 37.3 Å². The van der Waals surface area contributed by atoms with Crippen LogP contribution in [0, 0.1) is 5.82 Å². The maximum absolute atomic E-state index is 14.9. The monoisotopic (exact) mass is 446 g/mol. The molecule has 2 heterocycles. The third-order valence-corrected chi connectivity index (χ3v) is 6.33. The number of rotatable bonds is 6. The summed E-state index contributed by atoms with van der Waals surface area (Å²) in [5.41, 5.74) is 3.75. The molecule has 0 bridgehead atoms. The van der Waals surface area contributed by atoms with Gasteiger partial charge in [-0.05, 0) is 48.9 Å². The predicted octanol–water partition coefficient (Wildman–Crippen LogP) is 4.37. The zero-order valence-corrected chi connectivity index (χ0v) is 18.6. The predicted molar refractivity (Wildman–Crippen MR) is 128 cm³/mol. The highest BCUT2D eigenvalue weighted by atomic mass is 19.1. The fourth-order valence-electron chi connectivity index (χ4n) is 4.52. The van der Waals surface area contributed by atoms with Crippen LogP contribution in [-0.4, -0.2) is 53.4 Å². The molecule has 1 aromatic heterocycles. The van der Waals surface area contributed by atoms with Crippen LogP contribution in [0.3, 0.4) is 0 Å². The van der Waals surface area contributed by atoms with Crippen molar-refractivity contribution in [3.05, 3.63) is 65.6 Å². The Labute approximate surface area is 192 Å². The van der Waals surface area contributed by atoms with Crippen LogP contribution in [0.2, 0.25) is 0 Å². The Morgan fingerprint density at radius 1 is 1.03 bits per heavy atom.